The third kappa shape index (κ3) is 4.13. The molecule has 0 aliphatic carbocycles. The fourth-order valence-corrected chi connectivity index (χ4v) is 3.12. The highest BCUT2D eigenvalue weighted by atomic mass is 35.5. The van der Waals surface area contributed by atoms with E-state index in [0.717, 1.165) is 22.5 Å². The lowest BCUT2D eigenvalue weighted by Crippen LogP contribution is -1.94. The normalized spacial score (nSPS) is 11.1. The molecule has 4 aromatic rings. The summed E-state index contributed by atoms with van der Waals surface area (Å²) < 4.78 is 1.77. The molecule has 0 radical (unpaired) electrons. The summed E-state index contributed by atoms with van der Waals surface area (Å²) in [5.41, 5.74) is 3.56. The quantitative estimate of drug-likeness (QED) is 0.340. The van der Waals surface area contributed by atoms with E-state index in [9.17, 15) is 9.90 Å². The Labute approximate surface area is 173 Å². The summed E-state index contributed by atoms with van der Waals surface area (Å²) in [5.74, 6) is -0.322. The lowest BCUT2D eigenvalue weighted by atomic mass is 10.1. The van der Waals surface area contributed by atoms with Crippen LogP contribution in [0, 0.1) is 0 Å². The van der Waals surface area contributed by atoms with Gasteiger partial charge in [-0.05, 0) is 48.6 Å². The predicted molar refractivity (Wildman–Crippen MR) is 115 cm³/mol. The van der Waals surface area contributed by atoms with Gasteiger partial charge in [0.2, 0.25) is 0 Å². The maximum atomic E-state index is 12.5. The molecule has 0 saturated heterocycles. The van der Waals surface area contributed by atoms with E-state index in [0.29, 0.717) is 5.02 Å². The minimum absolute atomic E-state index is 0.0416. The van der Waals surface area contributed by atoms with E-state index in [1.165, 1.54) is 12.1 Å². The van der Waals surface area contributed by atoms with Crippen LogP contribution in [-0.4, -0.2) is 20.7 Å². The number of para-hydroxylation sites is 2. The number of hydrogen-bond donors (Lipinski definition) is 1. The highest BCUT2D eigenvalue weighted by Gasteiger charge is 2.12. The van der Waals surface area contributed by atoms with Crippen molar-refractivity contribution in [3.63, 3.8) is 0 Å². The highest BCUT2D eigenvalue weighted by molar-refractivity contribution is 6.30. The fourth-order valence-electron chi connectivity index (χ4n) is 2.99. The van der Waals surface area contributed by atoms with Crippen LogP contribution in [0.1, 0.15) is 15.9 Å². The van der Waals surface area contributed by atoms with Gasteiger partial charge < -0.3 is 5.11 Å². The van der Waals surface area contributed by atoms with Crippen LogP contribution in [0.3, 0.4) is 0 Å². The second kappa shape index (κ2) is 8.17. The molecule has 0 amide bonds. The van der Waals surface area contributed by atoms with Crippen molar-refractivity contribution in [2.45, 2.75) is 0 Å². The number of rotatable bonds is 5. The Morgan fingerprint density at radius 3 is 2.34 bits per heavy atom. The van der Waals surface area contributed by atoms with Crippen LogP contribution in [0.4, 0.5) is 0 Å². The number of nitrogens with zero attached hydrogens (tertiary/aromatic N) is 2. The summed E-state index contributed by atoms with van der Waals surface area (Å²) in [6.45, 7) is 0. The molecule has 0 saturated carbocycles. The van der Waals surface area contributed by atoms with E-state index in [-0.39, 0.29) is 17.1 Å². The van der Waals surface area contributed by atoms with Gasteiger partial charge in [-0.3, -0.25) is 4.79 Å². The Hall–Kier alpha value is -3.63. The van der Waals surface area contributed by atoms with Crippen LogP contribution < -0.4 is 0 Å². The number of aromatic hydroxyl groups is 1. The van der Waals surface area contributed by atoms with Gasteiger partial charge in [-0.2, -0.15) is 5.10 Å². The summed E-state index contributed by atoms with van der Waals surface area (Å²) >= 11 is 6.02. The van der Waals surface area contributed by atoms with Gasteiger partial charge in [0.25, 0.3) is 0 Å². The monoisotopic (exact) mass is 400 g/mol. The lowest BCUT2D eigenvalue weighted by molar-refractivity contribution is 0.104. The molecule has 0 atom stereocenters. The Morgan fingerprint density at radius 2 is 1.62 bits per heavy atom. The Balaban J connectivity index is 1.75. The van der Waals surface area contributed by atoms with Gasteiger partial charge >= 0.3 is 0 Å². The molecule has 1 N–H and O–H groups in total. The van der Waals surface area contributed by atoms with Crippen molar-refractivity contribution in [3.8, 4) is 22.7 Å². The largest absolute Gasteiger partial charge is 0.507 e. The van der Waals surface area contributed by atoms with Crippen molar-refractivity contribution >= 4 is 23.5 Å². The van der Waals surface area contributed by atoms with Crippen molar-refractivity contribution in [2.24, 2.45) is 0 Å². The zero-order valence-corrected chi connectivity index (χ0v) is 16.1. The van der Waals surface area contributed by atoms with E-state index < -0.39 is 0 Å². The second-order valence-corrected chi connectivity index (χ2v) is 6.87. The van der Waals surface area contributed by atoms with Gasteiger partial charge in [-0.25, -0.2) is 4.68 Å². The molecule has 4 rings (SSSR count). The smallest absolute Gasteiger partial charge is 0.189 e. The van der Waals surface area contributed by atoms with Gasteiger partial charge in [0.1, 0.15) is 5.75 Å². The van der Waals surface area contributed by atoms with Crippen LogP contribution in [-0.2, 0) is 0 Å². The number of aromatic nitrogens is 2. The molecule has 5 heteroatoms. The zero-order chi connectivity index (χ0) is 20.2. The number of carbonyl (C=O) groups excluding carboxylic acids is 1. The number of allylic oxidation sites excluding steroid dienone is 1. The molecule has 1 aromatic heterocycles. The zero-order valence-electron chi connectivity index (χ0n) is 15.4. The molecule has 0 bridgehead atoms. The van der Waals surface area contributed by atoms with Crippen molar-refractivity contribution in [1.82, 2.24) is 9.78 Å². The summed E-state index contributed by atoms with van der Waals surface area (Å²) in [5, 5.41) is 15.3. The van der Waals surface area contributed by atoms with Gasteiger partial charge in [0.15, 0.2) is 5.78 Å². The van der Waals surface area contributed by atoms with Crippen LogP contribution in [0.15, 0.2) is 91.1 Å². The SMILES string of the molecule is O=C(/C=C/c1cn(-c2ccccc2)nc1-c1ccc(Cl)cc1)c1ccccc1O. The number of ketones is 1. The Kier molecular flexibility index (Phi) is 5.27. The minimum Gasteiger partial charge on any atom is -0.507 e. The first kappa shape index (κ1) is 18.7. The summed E-state index contributed by atoms with van der Waals surface area (Å²) in [4.78, 5) is 12.5. The lowest BCUT2D eigenvalue weighted by Gasteiger charge is -2.01. The van der Waals surface area contributed by atoms with E-state index in [1.54, 1.807) is 41.1 Å². The molecule has 3 aromatic carbocycles. The van der Waals surface area contributed by atoms with Crippen molar-refractivity contribution in [2.75, 3.05) is 0 Å². The third-order valence-electron chi connectivity index (χ3n) is 4.46. The summed E-state index contributed by atoms with van der Waals surface area (Å²) in [6, 6.07) is 23.6. The molecule has 29 heavy (non-hydrogen) atoms. The molecule has 0 spiro atoms. The van der Waals surface area contributed by atoms with E-state index in [2.05, 4.69) is 0 Å². The van der Waals surface area contributed by atoms with E-state index in [1.807, 2.05) is 48.7 Å². The predicted octanol–water partition coefficient (Wildman–Crippen LogP) is 5.79. The first-order chi connectivity index (χ1) is 14.1. The molecule has 0 fully saturated rings. The Bertz CT molecular complexity index is 1180. The number of phenols is 1. The van der Waals surface area contributed by atoms with Crippen LogP contribution in [0.25, 0.3) is 23.0 Å². The van der Waals surface area contributed by atoms with Crippen LogP contribution >= 0.6 is 11.6 Å². The van der Waals surface area contributed by atoms with E-state index in [4.69, 9.17) is 16.7 Å². The standard InChI is InChI=1S/C24H17ClN2O2/c25-19-13-10-17(11-14-19)24-18(16-27(26-24)20-6-2-1-3-7-20)12-15-23(29)21-8-4-5-9-22(21)28/h1-16,28H/b15-12+. The van der Waals surface area contributed by atoms with Crippen molar-refractivity contribution < 1.29 is 9.90 Å². The second-order valence-electron chi connectivity index (χ2n) is 6.43. The molecule has 4 nitrogen and oxygen atoms in total. The number of phenolic OH excluding ortho intramolecular Hbond substituents is 1. The third-order valence-corrected chi connectivity index (χ3v) is 4.72. The average molecular weight is 401 g/mol. The highest BCUT2D eigenvalue weighted by Crippen LogP contribution is 2.26. The average Bonchev–Trinajstić information content (AvgIpc) is 3.18. The topological polar surface area (TPSA) is 55.1 Å². The first-order valence-electron chi connectivity index (χ1n) is 9.03. The number of hydrogen-bond acceptors (Lipinski definition) is 3. The van der Waals surface area contributed by atoms with Gasteiger partial charge in [0.05, 0.1) is 16.9 Å². The maximum Gasteiger partial charge on any atom is 0.189 e. The van der Waals surface area contributed by atoms with Crippen LogP contribution in [0.5, 0.6) is 5.75 Å². The molecular weight excluding hydrogens is 384 g/mol. The van der Waals surface area contributed by atoms with E-state index >= 15 is 0 Å². The van der Waals surface area contributed by atoms with Gasteiger partial charge in [0, 0.05) is 22.3 Å². The van der Waals surface area contributed by atoms with Gasteiger partial charge in [-0.15, -0.1) is 0 Å². The number of halogens is 1. The molecule has 0 aliphatic heterocycles. The molecule has 1 heterocycles. The Morgan fingerprint density at radius 1 is 0.931 bits per heavy atom. The van der Waals surface area contributed by atoms with Crippen molar-refractivity contribution in [1.29, 1.82) is 0 Å². The van der Waals surface area contributed by atoms with Gasteiger partial charge in [-0.1, -0.05) is 54.1 Å². The molecular formula is C24H17ClN2O2. The number of carbonyl (C=O) groups is 1. The molecule has 142 valence electrons. The first-order valence-corrected chi connectivity index (χ1v) is 9.41. The fraction of sp³-hybridized carbons (Fsp3) is 0. The summed E-state index contributed by atoms with van der Waals surface area (Å²) in [7, 11) is 0. The molecule has 0 unspecified atom stereocenters. The number of benzene rings is 3. The molecule has 0 aliphatic rings. The maximum absolute atomic E-state index is 12.5. The van der Waals surface area contributed by atoms with Crippen LogP contribution in [0.2, 0.25) is 5.02 Å². The summed E-state index contributed by atoms with van der Waals surface area (Å²) in [6.07, 6.45) is 5.03. The van der Waals surface area contributed by atoms with Crippen molar-refractivity contribution in [3.05, 3.63) is 107 Å². The minimum atomic E-state index is -0.280.